The minimum atomic E-state index is -0.301. The van der Waals surface area contributed by atoms with Crippen LogP contribution in [0, 0.1) is 5.82 Å². The van der Waals surface area contributed by atoms with Crippen molar-refractivity contribution in [2.24, 2.45) is 0 Å². The molecule has 0 aliphatic heterocycles. The Morgan fingerprint density at radius 2 is 1.65 bits per heavy atom. The molecule has 0 aliphatic carbocycles. The van der Waals surface area contributed by atoms with Gasteiger partial charge in [0.25, 0.3) is 0 Å². The molecule has 3 rings (SSSR count). The highest BCUT2D eigenvalue weighted by Gasteiger charge is 2.15. The SMILES string of the molecule is OCn1nnc(-c2ccc(F)cc2)c1-c1ccccc1. The molecule has 20 heavy (non-hydrogen) atoms. The van der Waals surface area contributed by atoms with E-state index in [0.29, 0.717) is 11.4 Å². The maximum Gasteiger partial charge on any atom is 0.138 e. The Kier molecular flexibility index (Phi) is 3.26. The summed E-state index contributed by atoms with van der Waals surface area (Å²) in [5.74, 6) is -0.301. The lowest BCUT2D eigenvalue weighted by atomic mass is 10.0. The van der Waals surface area contributed by atoms with Crippen molar-refractivity contribution in [1.29, 1.82) is 0 Å². The first-order valence-corrected chi connectivity index (χ1v) is 6.15. The van der Waals surface area contributed by atoms with Crippen LogP contribution in [0.5, 0.6) is 0 Å². The molecule has 0 saturated heterocycles. The van der Waals surface area contributed by atoms with Crippen LogP contribution in [0.25, 0.3) is 22.5 Å². The molecule has 0 amide bonds. The summed E-state index contributed by atoms with van der Waals surface area (Å²) >= 11 is 0. The molecule has 0 atom stereocenters. The molecule has 5 heteroatoms. The van der Waals surface area contributed by atoms with Gasteiger partial charge in [-0.1, -0.05) is 35.5 Å². The number of hydrogen-bond acceptors (Lipinski definition) is 3. The summed E-state index contributed by atoms with van der Waals surface area (Å²) in [6, 6.07) is 15.6. The molecular weight excluding hydrogens is 257 g/mol. The Hall–Kier alpha value is -2.53. The van der Waals surface area contributed by atoms with Crippen LogP contribution in [-0.2, 0) is 6.73 Å². The summed E-state index contributed by atoms with van der Waals surface area (Å²) in [7, 11) is 0. The number of aromatic nitrogens is 3. The van der Waals surface area contributed by atoms with E-state index in [2.05, 4.69) is 10.3 Å². The van der Waals surface area contributed by atoms with E-state index in [0.717, 1.165) is 11.1 Å². The second-order valence-electron chi connectivity index (χ2n) is 4.30. The first-order valence-electron chi connectivity index (χ1n) is 6.15. The first-order chi connectivity index (χ1) is 9.79. The smallest absolute Gasteiger partial charge is 0.138 e. The second kappa shape index (κ2) is 5.22. The molecule has 0 radical (unpaired) electrons. The summed E-state index contributed by atoms with van der Waals surface area (Å²) in [6.07, 6.45) is 0. The largest absolute Gasteiger partial charge is 0.374 e. The van der Waals surface area contributed by atoms with Crippen molar-refractivity contribution >= 4 is 0 Å². The molecule has 0 bridgehead atoms. The third-order valence-electron chi connectivity index (χ3n) is 3.03. The topological polar surface area (TPSA) is 50.9 Å². The summed E-state index contributed by atoms with van der Waals surface area (Å²) in [5, 5.41) is 17.4. The van der Waals surface area contributed by atoms with Crippen molar-refractivity contribution in [3.05, 3.63) is 60.4 Å². The molecule has 1 aromatic heterocycles. The van der Waals surface area contributed by atoms with Crippen LogP contribution in [0.2, 0.25) is 0 Å². The normalized spacial score (nSPS) is 10.7. The van der Waals surface area contributed by atoms with E-state index >= 15 is 0 Å². The maximum atomic E-state index is 13.0. The lowest BCUT2D eigenvalue weighted by Crippen LogP contribution is -2.01. The molecule has 0 aliphatic rings. The lowest BCUT2D eigenvalue weighted by molar-refractivity contribution is 0.194. The standard InChI is InChI=1S/C15H12FN3O/c16-13-8-6-11(7-9-13)14-15(19(10-20)18-17-14)12-4-2-1-3-5-12/h1-9,20H,10H2. The Morgan fingerprint density at radius 1 is 0.950 bits per heavy atom. The Balaban J connectivity index is 2.17. The van der Waals surface area contributed by atoms with E-state index in [9.17, 15) is 9.50 Å². The van der Waals surface area contributed by atoms with Gasteiger partial charge in [0.15, 0.2) is 0 Å². The van der Waals surface area contributed by atoms with Gasteiger partial charge in [0.1, 0.15) is 18.2 Å². The highest BCUT2D eigenvalue weighted by Crippen LogP contribution is 2.29. The monoisotopic (exact) mass is 269 g/mol. The third kappa shape index (κ3) is 2.19. The lowest BCUT2D eigenvalue weighted by Gasteiger charge is -2.06. The average Bonchev–Trinajstić information content (AvgIpc) is 2.93. The van der Waals surface area contributed by atoms with Crippen molar-refractivity contribution in [3.8, 4) is 22.5 Å². The molecule has 1 heterocycles. The summed E-state index contributed by atoms with van der Waals surface area (Å²) in [4.78, 5) is 0. The van der Waals surface area contributed by atoms with Crippen LogP contribution in [-0.4, -0.2) is 20.1 Å². The summed E-state index contributed by atoms with van der Waals surface area (Å²) < 4.78 is 14.4. The van der Waals surface area contributed by atoms with Gasteiger partial charge in [-0.05, 0) is 24.3 Å². The van der Waals surface area contributed by atoms with Gasteiger partial charge in [0.2, 0.25) is 0 Å². The van der Waals surface area contributed by atoms with Crippen molar-refractivity contribution < 1.29 is 9.50 Å². The number of aliphatic hydroxyl groups is 1. The predicted molar refractivity (Wildman–Crippen MR) is 73.1 cm³/mol. The van der Waals surface area contributed by atoms with E-state index in [1.54, 1.807) is 12.1 Å². The molecular formula is C15H12FN3O. The molecule has 0 saturated carbocycles. The molecule has 2 aromatic carbocycles. The van der Waals surface area contributed by atoms with Crippen LogP contribution in [0.1, 0.15) is 0 Å². The minimum Gasteiger partial charge on any atom is -0.374 e. The zero-order valence-electron chi connectivity index (χ0n) is 10.6. The maximum absolute atomic E-state index is 13.0. The first kappa shape index (κ1) is 12.5. The number of aliphatic hydroxyl groups excluding tert-OH is 1. The van der Waals surface area contributed by atoms with Crippen LogP contribution in [0.3, 0.4) is 0 Å². The quantitative estimate of drug-likeness (QED) is 0.795. The molecule has 0 spiro atoms. The Bertz CT molecular complexity index is 708. The number of nitrogens with zero attached hydrogens (tertiary/aromatic N) is 3. The van der Waals surface area contributed by atoms with E-state index in [4.69, 9.17) is 0 Å². The fourth-order valence-corrected chi connectivity index (χ4v) is 2.10. The van der Waals surface area contributed by atoms with Gasteiger partial charge in [0.05, 0.1) is 5.69 Å². The zero-order chi connectivity index (χ0) is 13.9. The third-order valence-corrected chi connectivity index (χ3v) is 3.03. The zero-order valence-corrected chi connectivity index (χ0v) is 10.6. The van der Waals surface area contributed by atoms with Gasteiger partial charge in [0, 0.05) is 11.1 Å². The predicted octanol–water partition coefficient (Wildman–Crippen LogP) is 2.70. The van der Waals surface area contributed by atoms with E-state index < -0.39 is 0 Å². The van der Waals surface area contributed by atoms with Crippen LogP contribution < -0.4 is 0 Å². The number of benzene rings is 2. The summed E-state index contributed by atoms with van der Waals surface area (Å²) in [6.45, 7) is -0.265. The molecule has 4 nitrogen and oxygen atoms in total. The van der Waals surface area contributed by atoms with Gasteiger partial charge in [-0.3, -0.25) is 0 Å². The number of rotatable bonds is 3. The van der Waals surface area contributed by atoms with Gasteiger partial charge in [-0.2, -0.15) is 0 Å². The van der Waals surface area contributed by atoms with Gasteiger partial charge in [-0.15, -0.1) is 5.10 Å². The van der Waals surface area contributed by atoms with Crippen LogP contribution in [0.15, 0.2) is 54.6 Å². The molecule has 0 fully saturated rings. The summed E-state index contributed by atoms with van der Waals surface area (Å²) in [5.41, 5.74) is 2.97. The molecule has 3 aromatic rings. The van der Waals surface area contributed by atoms with E-state index in [-0.39, 0.29) is 12.5 Å². The van der Waals surface area contributed by atoms with Gasteiger partial charge >= 0.3 is 0 Å². The number of hydrogen-bond donors (Lipinski definition) is 1. The van der Waals surface area contributed by atoms with E-state index in [1.807, 2.05) is 30.3 Å². The number of halogens is 1. The van der Waals surface area contributed by atoms with Crippen LogP contribution >= 0.6 is 0 Å². The minimum absolute atomic E-state index is 0.265. The second-order valence-corrected chi connectivity index (χ2v) is 4.30. The average molecular weight is 269 g/mol. The van der Waals surface area contributed by atoms with Gasteiger partial charge < -0.3 is 5.11 Å². The fraction of sp³-hybridized carbons (Fsp3) is 0.0667. The Labute approximate surface area is 115 Å². The van der Waals surface area contributed by atoms with Crippen molar-refractivity contribution in [1.82, 2.24) is 15.0 Å². The van der Waals surface area contributed by atoms with Crippen LogP contribution in [0.4, 0.5) is 4.39 Å². The highest BCUT2D eigenvalue weighted by atomic mass is 19.1. The van der Waals surface area contributed by atoms with Crippen molar-refractivity contribution in [3.63, 3.8) is 0 Å². The molecule has 100 valence electrons. The fourth-order valence-electron chi connectivity index (χ4n) is 2.10. The molecule has 1 N–H and O–H groups in total. The van der Waals surface area contributed by atoms with Gasteiger partial charge in [-0.25, -0.2) is 9.07 Å². The van der Waals surface area contributed by atoms with E-state index in [1.165, 1.54) is 16.8 Å². The van der Waals surface area contributed by atoms with Crippen molar-refractivity contribution in [2.45, 2.75) is 6.73 Å². The highest BCUT2D eigenvalue weighted by molar-refractivity contribution is 5.77. The Morgan fingerprint density at radius 3 is 2.30 bits per heavy atom. The molecule has 0 unspecified atom stereocenters. The van der Waals surface area contributed by atoms with Crippen molar-refractivity contribution in [2.75, 3.05) is 0 Å².